The van der Waals surface area contributed by atoms with Crippen LogP contribution >= 0.6 is 0 Å². The lowest BCUT2D eigenvalue weighted by Crippen LogP contribution is -2.10. The van der Waals surface area contributed by atoms with Crippen LogP contribution in [0.1, 0.15) is 25.7 Å². The largest absolute Gasteiger partial charge is 0.490 e. The van der Waals surface area contributed by atoms with Crippen molar-refractivity contribution in [1.82, 2.24) is 4.98 Å². The first kappa shape index (κ1) is 11.1. The van der Waals surface area contributed by atoms with Crippen LogP contribution in [0.3, 0.4) is 0 Å². The van der Waals surface area contributed by atoms with Crippen molar-refractivity contribution < 1.29 is 9.15 Å². The Balaban J connectivity index is 1.72. The lowest BCUT2D eigenvalue weighted by atomic mass is 10.2. The molecule has 1 saturated carbocycles. The van der Waals surface area contributed by atoms with E-state index in [0.29, 0.717) is 11.9 Å². The fourth-order valence-corrected chi connectivity index (χ4v) is 2.32. The number of anilines is 1. The second-order valence-corrected chi connectivity index (χ2v) is 4.61. The van der Waals surface area contributed by atoms with Crippen molar-refractivity contribution in [1.29, 1.82) is 0 Å². The third-order valence-corrected chi connectivity index (χ3v) is 3.27. The zero-order valence-corrected chi connectivity index (χ0v) is 10.1. The predicted molar refractivity (Wildman–Crippen MR) is 69.2 cm³/mol. The van der Waals surface area contributed by atoms with Crippen LogP contribution in [0.15, 0.2) is 34.9 Å². The van der Waals surface area contributed by atoms with Crippen molar-refractivity contribution in [2.45, 2.75) is 31.8 Å². The highest BCUT2D eigenvalue weighted by Gasteiger charge is 2.16. The van der Waals surface area contributed by atoms with Crippen LogP contribution in [0.4, 0.5) is 6.01 Å². The van der Waals surface area contributed by atoms with Crippen LogP contribution in [0.2, 0.25) is 0 Å². The molecule has 4 nitrogen and oxygen atoms in total. The number of aromatic nitrogens is 1. The number of nitrogens with zero attached hydrogens (tertiary/aromatic N) is 1. The second-order valence-electron chi connectivity index (χ2n) is 4.61. The zero-order valence-electron chi connectivity index (χ0n) is 10.1. The summed E-state index contributed by atoms with van der Waals surface area (Å²) in [5, 5.41) is 0. The summed E-state index contributed by atoms with van der Waals surface area (Å²) in [7, 11) is 0. The van der Waals surface area contributed by atoms with Crippen molar-refractivity contribution >= 4 is 6.01 Å². The normalized spacial score (nSPS) is 16.0. The van der Waals surface area contributed by atoms with Crippen LogP contribution in [0, 0.1) is 0 Å². The summed E-state index contributed by atoms with van der Waals surface area (Å²) in [6, 6.07) is 8.05. The highest BCUT2D eigenvalue weighted by Crippen LogP contribution is 2.27. The SMILES string of the molecule is Nc1ncc(-c2ccc(OC3CCCC3)cc2)o1. The van der Waals surface area contributed by atoms with E-state index >= 15 is 0 Å². The van der Waals surface area contributed by atoms with Crippen molar-refractivity contribution in [2.75, 3.05) is 5.73 Å². The molecule has 0 amide bonds. The molecule has 0 aliphatic heterocycles. The molecule has 94 valence electrons. The van der Waals surface area contributed by atoms with E-state index in [4.69, 9.17) is 14.9 Å². The van der Waals surface area contributed by atoms with Gasteiger partial charge in [-0.1, -0.05) is 0 Å². The Bertz CT molecular complexity index is 513. The Labute approximate surface area is 106 Å². The van der Waals surface area contributed by atoms with Crippen LogP contribution in [0.5, 0.6) is 5.75 Å². The minimum atomic E-state index is 0.191. The van der Waals surface area contributed by atoms with Crippen LogP contribution in [-0.2, 0) is 0 Å². The molecule has 2 N–H and O–H groups in total. The minimum absolute atomic E-state index is 0.191. The molecule has 1 fully saturated rings. The molecule has 1 aromatic heterocycles. The molecule has 0 unspecified atom stereocenters. The number of benzene rings is 1. The van der Waals surface area contributed by atoms with E-state index in [1.807, 2.05) is 24.3 Å². The molecule has 2 aromatic rings. The Morgan fingerprint density at radius 1 is 1.17 bits per heavy atom. The van der Waals surface area contributed by atoms with Gasteiger partial charge in [0.2, 0.25) is 0 Å². The van der Waals surface area contributed by atoms with Crippen molar-refractivity contribution in [3.8, 4) is 17.1 Å². The number of ether oxygens (including phenoxy) is 1. The molecule has 18 heavy (non-hydrogen) atoms. The zero-order chi connectivity index (χ0) is 12.4. The molecule has 1 aliphatic rings. The summed E-state index contributed by atoms with van der Waals surface area (Å²) < 4.78 is 11.2. The van der Waals surface area contributed by atoms with Crippen LogP contribution in [0.25, 0.3) is 11.3 Å². The first-order valence-electron chi connectivity index (χ1n) is 6.30. The quantitative estimate of drug-likeness (QED) is 0.900. The summed E-state index contributed by atoms with van der Waals surface area (Å²) in [6.07, 6.45) is 6.90. The molecule has 0 atom stereocenters. The van der Waals surface area contributed by atoms with Gasteiger partial charge in [0.25, 0.3) is 6.01 Å². The Hall–Kier alpha value is -1.97. The molecular formula is C14H16N2O2. The molecule has 1 aromatic carbocycles. The number of nitrogen functional groups attached to an aromatic ring is 1. The van der Waals surface area contributed by atoms with Gasteiger partial charge >= 0.3 is 0 Å². The first-order valence-corrected chi connectivity index (χ1v) is 6.30. The van der Waals surface area contributed by atoms with Crippen molar-refractivity contribution in [3.63, 3.8) is 0 Å². The average molecular weight is 244 g/mol. The van der Waals surface area contributed by atoms with Crippen molar-refractivity contribution in [3.05, 3.63) is 30.5 Å². The maximum Gasteiger partial charge on any atom is 0.292 e. The number of oxazole rings is 1. The van der Waals surface area contributed by atoms with Crippen LogP contribution < -0.4 is 10.5 Å². The lowest BCUT2D eigenvalue weighted by molar-refractivity contribution is 0.210. The molecule has 4 heteroatoms. The maximum absolute atomic E-state index is 5.90. The van der Waals surface area contributed by atoms with Gasteiger partial charge in [0.15, 0.2) is 5.76 Å². The van der Waals surface area contributed by atoms with Gasteiger partial charge in [-0.2, -0.15) is 0 Å². The second kappa shape index (κ2) is 4.72. The highest BCUT2D eigenvalue weighted by atomic mass is 16.5. The van der Waals surface area contributed by atoms with E-state index in [2.05, 4.69) is 4.98 Å². The predicted octanol–water partition coefficient (Wildman–Crippen LogP) is 3.25. The molecule has 1 heterocycles. The summed E-state index contributed by atoms with van der Waals surface area (Å²) in [5.41, 5.74) is 6.41. The van der Waals surface area contributed by atoms with Crippen LogP contribution in [-0.4, -0.2) is 11.1 Å². The molecule has 0 saturated heterocycles. The molecule has 0 spiro atoms. The van der Waals surface area contributed by atoms with E-state index in [-0.39, 0.29) is 6.01 Å². The van der Waals surface area contributed by atoms with Gasteiger partial charge in [-0.05, 0) is 49.9 Å². The first-order chi connectivity index (χ1) is 8.81. The van der Waals surface area contributed by atoms with E-state index < -0.39 is 0 Å². The van der Waals surface area contributed by atoms with E-state index in [1.54, 1.807) is 6.20 Å². The topological polar surface area (TPSA) is 61.3 Å². The average Bonchev–Trinajstić information content (AvgIpc) is 3.02. The number of hydrogen-bond donors (Lipinski definition) is 1. The van der Waals surface area contributed by atoms with Gasteiger partial charge in [0, 0.05) is 5.56 Å². The standard InChI is InChI=1S/C14H16N2O2/c15-14-16-9-13(18-14)10-5-7-12(8-6-10)17-11-3-1-2-4-11/h5-9,11H,1-4H2,(H2,15,16). The number of rotatable bonds is 3. The van der Waals surface area contributed by atoms with E-state index in [0.717, 1.165) is 11.3 Å². The monoisotopic (exact) mass is 244 g/mol. The van der Waals surface area contributed by atoms with Crippen molar-refractivity contribution in [2.24, 2.45) is 0 Å². The Morgan fingerprint density at radius 3 is 2.50 bits per heavy atom. The van der Waals surface area contributed by atoms with Gasteiger partial charge < -0.3 is 14.9 Å². The van der Waals surface area contributed by atoms with Gasteiger partial charge in [0.05, 0.1) is 12.3 Å². The van der Waals surface area contributed by atoms with E-state index in [9.17, 15) is 0 Å². The molecular weight excluding hydrogens is 228 g/mol. The molecule has 3 rings (SSSR count). The fourth-order valence-electron chi connectivity index (χ4n) is 2.32. The van der Waals surface area contributed by atoms with Gasteiger partial charge in [0.1, 0.15) is 5.75 Å². The third-order valence-electron chi connectivity index (χ3n) is 3.27. The Morgan fingerprint density at radius 2 is 1.89 bits per heavy atom. The summed E-state index contributed by atoms with van der Waals surface area (Å²) in [6.45, 7) is 0. The molecule has 0 radical (unpaired) electrons. The summed E-state index contributed by atoms with van der Waals surface area (Å²) in [4.78, 5) is 3.88. The number of nitrogens with two attached hydrogens (primary N) is 1. The Kier molecular flexibility index (Phi) is 2.92. The lowest BCUT2D eigenvalue weighted by Gasteiger charge is -2.12. The van der Waals surface area contributed by atoms with E-state index in [1.165, 1.54) is 25.7 Å². The number of hydrogen-bond acceptors (Lipinski definition) is 4. The summed E-state index contributed by atoms with van der Waals surface area (Å²) >= 11 is 0. The van der Waals surface area contributed by atoms with Gasteiger partial charge in [-0.15, -0.1) is 0 Å². The molecule has 1 aliphatic carbocycles. The maximum atomic E-state index is 5.90. The highest BCUT2D eigenvalue weighted by molar-refractivity contribution is 5.58. The summed E-state index contributed by atoms with van der Waals surface area (Å²) in [5.74, 6) is 1.60. The smallest absolute Gasteiger partial charge is 0.292 e. The third kappa shape index (κ3) is 2.32. The fraction of sp³-hybridized carbons (Fsp3) is 0.357. The van der Waals surface area contributed by atoms with Gasteiger partial charge in [-0.3, -0.25) is 0 Å². The minimum Gasteiger partial charge on any atom is -0.490 e. The van der Waals surface area contributed by atoms with Gasteiger partial charge in [-0.25, -0.2) is 4.98 Å². The molecule has 0 bridgehead atoms.